The molecule has 1 aromatic heterocycles. The smallest absolute Gasteiger partial charge is 0.322 e. The summed E-state index contributed by atoms with van der Waals surface area (Å²) in [6, 6.07) is 13.3. The van der Waals surface area contributed by atoms with E-state index in [1.165, 1.54) is 0 Å². The minimum Gasteiger partial charge on any atom is -0.322 e. The molecule has 3 aromatic rings. The molecule has 146 valence electrons. The first-order valence-electron chi connectivity index (χ1n) is 9.19. The van der Waals surface area contributed by atoms with E-state index in [1.807, 2.05) is 70.3 Å². The van der Waals surface area contributed by atoms with Crippen LogP contribution >= 0.6 is 11.3 Å². The fraction of sp³-hybridized carbons (Fsp3) is 0.286. The van der Waals surface area contributed by atoms with Gasteiger partial charge >= 0.3 is 6.03 Å². The maximum Gasteiger partial charge on any atom is 0.326 e. The lowest BCUT2D eigenvalue weighted by molar-refractivity contribution is -0.902. The monoisotopic (exact) mass is 397 g/mol. The number of nitrogens with zero attached hydrogens (tertiary/aromatic N) is 1. The van der Waals surface area contributed by atoms with Crippen LogP contribution in [0.3, 0.4) is 0 Å². The van der Waals surface area contributed by atoms with Crippen molar-refractivity contribution in [3.05, 3.63) is 58.6 Å². The number of benzene rings is 2. The van der Waals surface area contributed by atoms with Crippen LogP contribution in [0.15, 0.2) is 42.5 Å². The van der Waals surface area contributed by atoms with Gasteiger partial charge in [-0.1, -0.05) is 29.8 Å². The predicted octanol–water partition coefficient (Wildman–Crippen LogP) is 2.84. The van der Waals surface area contributed by atoms with Gasteiger partial charge in [0.25, 0.3) is 5.91 Å². The number of para-hydroxylation sites is 1. The molecule has 1 unspecified atom stereocenters. The van der Waals surface area contributed by atoms with Crippen LogP contribution < -0.4 is 15.5 Å². The van der Waals surface area contributed by atoms with Gasteiger partial charge in [-0.15, -0.1) is 11.3 Å². The molecule has 0 saturated carbocycles. The van der Waals surface area contributed by atoms with Gasteiger partial charge in [0.15, 0.2) is 11.6 Å². The molecule has 1 heterocycles. The highest BCUT2D eigenvalue weighted by Crippen LogP contribution is 2.24. The summed E-state index contributed by atoms with van der Waals surface area (Å²) in [6.07, 6.45) is 0. The summed E-state index contributed by atoms with van der Waals surface area (Å²) in [7, 11) is 1.93. The second kappa shape index (κ2) is 8.50. The molecule has 0 spiro atoms. The molecule has 28 heavy (non-hydrogen) atoms. The van der Waals surface area contributed by atoms with Gasteiger partial charge in [0.05, 0.1) is 17.3 Å². The highest BCUT2D eigenvalue weighted by molar-refractivity contribution is 7.18. The van der Waals surface area contributed by atoms with Gasteiger partial charge in [0.2, 0.25) is 0 Å². The fourth-order valence-corrected chi connectivity index (χ4v) is 4.08. The standard InChI is InChI=1S/C21H24N4O2S/c1-13-9-10-16(14(2)11-13)23-21(27)24-19(26)12-25(4)15(3)20-22-17-7-5-6-8-18(17)28-20/h5-11,15H,12H2,1-4H3,(H2,23,24,26,27)/p+1/t15-/m0/s1. The molecule has 0 aliphatic rings. The Kier molecular flexibility index (Phi) is 6.06. The predicted molar refractivity (Wildman–Crippen MR) is 113 cm³/mol. The second-order valence-corrected chi connectivity index (χ2v) is 8.15. The molecule has 0 saturated heterocycles. The Balaban J connectivity index is 1.56. The zero-order chi connectivity index (χ0) is 20.3. The summed E-state index contributed by atoms with van der Waals surface area (Å²) >= 11 is 1.64. The first-order chi connectivity index (χ1) is 13.3. The van der Waals surface area contributed by atoms with Gasteiger partial charge in [-0.05, 0) is 44.5 Å². The lowest BCUT2D eigenvalue weighted by atomic mass is 10.1. The van der Waals surface area contributed by atoms with Crippen molar-refractivity contribution in [1.29, 1.82) is 0 Å². The van der Waals surface area contributed by atoms with E-state index >= 15 is 0 Å². The third-order valence-electron chi connectivity index (χ3n) is 4.74. The fourth-order valence-electron chi connectivity index (χ4n) is 2.97. The zero-order valence-corrected chi connectivity index (χ0v) is 17.3. The van der Waals surface area contributed by atoms with E-state index in [0.717, 1.165) is 31.3 Å². The average Bonchev–Trinajstić information content (AvgIpc) is 3.07. The molecule has 3 N–H and O–H groups in total. The molecule has 7 heteroatoms. The zero-order valence-electron chi connectivity index (χ0n) is 16.5. The maximum absolute atomic E-state index is 12.3. The van der Waals surface area contributed by atoms with Crippen LogP contribution in [0.2, 0.25) is 0 Å². The third-order valence-corrected chi connectivity index (χ3v) is 5.96. The highest BCUT2D eigenvalue weighted by Gasteiger charge is 2.23. The minimum atomic E-state index is -0.516. The topological polar surface area (TPSA) is 75.5 Å². The number of aryl methyl sites for hydroxylation is 2. The maximum atomic E-state index is 12.3. The summed E-state index contributed by atoms with van der Waals surface area (Å²) in [6.45, 7) is 6.13. The van der Waals surface area contributed by atoms with Crippen molar-refractivity contribution in [1.82, 2.24) is 10.3 Å². The van der Waals surface area contributed by atoms with Crippen LogP contribution in [0.25, 0.3) is 10.2 Å². The van der Waals surface area contributed by atoms with Crippen molar-refractivity contribution in [2.24, 2.45) is 0 Å². The van der Waals surface area contributed by atoms with E-state index in [9.17, 15) is 9.59 Å². The average molecular weight is 398 g/mol. The third kappa shape index (κ3) is 4.74. The number of anilines is 1. The number of carbonyl (C=O) groups excluding carboxylic acids is 2. The van der Waals surface area contributed by atoms with E-state index in [1.54, 1.807) is 11.3 Å². The molecular formula is C21H25N4O2S+. The number of hydrogen-bond donors (Lipinski definition) is 3. The van der Waals surface area contributed by atoms with Crippen LogP contribution in [-0.4, -0.2) is 30.5 Å². The van der Waals surface area contributed by atoms with Gasteiger partial charge < -0.3 is 10.2 Å². The van der Waals surface area contributed by atoms with Crippen molar-refractivity contribution in [3.63, 3.8) is 0 Å². The number of thiazole rings is 1. The number of quaternary nitrogens is 1. The number of aromatic nitrogens is 1. The Morgan fingerprint density at radius 2 is 1.93 bits per heavy atom. The van der Waals surface area contributed by atoms with Crippen molar-refractivity contribution in [2.45, 2.75) is 26.8 Å². The number of amides is 3. The number of likely N-dealkylation sites (N-methyl/N-ethyl adjacent to an activating group) is 1. The highest BCUT2D eigenvalue weighted by atomic mass is 32.1. The molecule has 0 aliphatic heterocycles. The van der Waals surface area contributed by atoms with Gasteiger partial charge in [-0.3, -0.25) is 10.1 Å². The van der Waals surface area contributed by atoms with Crippen molar-refractivity contribution in [2.75, 3.05) is 18.9 Å². The summed E-state index contributed by atoms with van der Waals surface area (Å²) in [5.41, 5.74) is 3.74. The molecule has 0 bridgehead atoms. The van der Waals surface area contributed by atoms with Crippen LogP contribution in [0, 0.1) is 13.8 Å². The molecule has 0 aliphatic carbocycles. The normalized spacial score (nSPS) is 13.1. The second-order valence-electron chi connectivity index (χ2n) is 7.09. The van der Waals surface area contributed by atoms with Gasteiger partial charge in [0, 0.05) is 5.69 Å². The summed E-state index contributed by atoms with van der Waals surface area (Å²) < 4.78 is 1.13. The molecular weight excluding hydrogens is 372 g/mol. The number of urea groups is 1. The molecule has 0 fully saturated rings. The van der Waals surface area contributed by atoms with Gasteiger partial charge in [0.1, 0.15) is 6.04 Å². The molecule has 2 aromatic carbocycles. The molecule has 3 rings (SSSR count). The number of nitrogens with one attached hydrogen (secondary N) is 3. The Labute approximate surface area is 168 Å². The van der Waals surface area contributed by atoms with E-state index < -0.39 is 6.03 Å². The van der Waals surface area contributed by atoms with Crippen LogP contribution in [0.5, 0.6) is 0 Å². The van der Waals surface area contributed by atoms with Gasteiger partial charge in [-0.2, -0.15) is 0 Å². The number of fused-ring (bicyclic) bond motifs is 1. The summed E-state index contributed by atoms with van der Waals surface area (Å²) in [5.74, 6) is -0.326. The van der Waals surface area contributed by atoms with Crippen molar-refractivity contribution < 1.29 is 14.5 Å². The Morgan fingerprint density at radius 3 is 2.64 bits per heavy atom. The molecule has 2 atom stereocenters. The molecule has 3 amide bonds. The van der Waals surface area contributed by atoms with Crippen LogP contribution in [0.4, 0.5) is 10.5 Å². The van der Waals surface area contributed by atoms with E-state index in [2.05, 4.69) is 15.6 Å². The Morgan fingerprint density at radius 1 is 1.18 bits per heavy atom. The first kappa shape index (κ1) is 20.0. The van der Waals surface area contributed by atoms with Crippen LogP contribution in [0.1, 0.15) is 29.1 Å². The van der Waals surface area contributed by atoms with E-state index in [0.29, 0.717) is 5.69 Å². The SMILES string of the molecule is Cc1ccc(NC(=O)NC(=O)C[NH+](C)[C@@H](C)c2nc3ccccc3s2)c(C)c1. The first-order valence-corrected chi connectivity index (χ1v) is 10.0. The lowest BCUT2D eigenvalue weighted by Gasteiger charge is -2.19. The minimum absolute atomic E-state index is 0.0468. The van der Waals surface area contributed by atoms with Gasteiger partial charge in [-0.25, -0.2) is 9.78 Å². The van der Waals surface area contributed by atoms with Crippen molar-refractivity contribution >= 4 is 39.2 Å². The van der Waals surface area contributed by atoms with E-state index in [-0.39, 0.29) is 18.5 Å². The van der Waals surface area contributed by atoms with E-state index in [4.69, 9.17) is 0 Å². The van der Waals surface area contributed by atoms with Crippen molar-refractivity contribution in [3.8, 4) is 0 Å². The quantitative estimate of drug-likeness (QED) is 0.620. The summed E-state index contributed by atoms with van der Waals surface area (Å²) in [5, 5.41) is 6.12. The van der Waals surface area contributed by atoms with Crippen LogP contribution in [-0.2, 0) is 4.79 Å². The molecule has 6 nitrogen and oxygen atoms in total. The number of hydrogen-bond acceptors (Lipinski definition) is 4. The number of carbonyl (C=O) groups is 2. The Hall–Kier alpha value is -2.77. The number of rotatable bonds is 5. The number of imide groups is 1. The molecule has 0 radical (unpaired) electrons. The lowest BCUT2D eigenvalue weighted by Crippen LogP contribution is -3.10. The Bertz CT molecular complexity index is 982. The summed E-state index contributed by atoms with van der Waals surface area (Å²) in [4.78, 5) is 30.1. The largest absolute Gasteiger partial charge is 0.326 e.